The predicted octanol–water partition coefficient (Wildman–Crippen LogP) is 3.17. The molecule has 0 aliphatic carbocycles. The third-order valence-corrected chi connectivity index (χ3v) is 5.62. The molecule has 164 valence electrons. The van der Waals surface area contributed by atoms with Gasteiger partial charge in [-0.05, 0) is 39.7 Å². The third-order valence-electron chi connectivity index (χ3n) is 5.62. The Kier molecular flexibility index (Phi) is 4.88. The Morgan fingerprint density at radius 2 is 1.97 bits per heavy atom. The molecule has 5 heterocycles. The van der Waals surface area contributed by atoms with Gasteiger partial charge in [0.15, 0.2) is 5.82 Å². The molecule has 0 saturated carbocycles. The van der Waals surface area contributed by atoms with Crippen molar-refractivity contribution in [2.45, 2.75) is 51.2 Å². The van der Waals surface area contributed by atoms with Crippen molar-refractivity contribution in [2.24, 2.45) is 0 Å². The summed E-state index contributed by atoms with van der Waals surface area (Å²) in [5, 5.41) is 8.65. The molecule has 2 aliphatic heterocycles. The van der Waals surface area contributed by atoms with E-state index < -0.39 is 5.60 Å². The van der Waals surface area contributed by atoms with E-state index in [1.807, 2.05) is 31.5 Å². The maximum absolute atomic E-state index is 12.3. The van der Waals surface area contributed by atoms with E-state index in [1.165, 1.54) is 0 Å². The zero-order chi connectivity index (χ0) is 21.6. The van der Waals surface area contributed by atoms with Gasteiger partial charge in [-0.3, -0.25) is 9.67 Å². The summed E-state index contributed by atoms with van der Waals surface area (Å²) in [7, 11) is 0. The molecule has 5 rings (SSSR count). The van der Waals surface area contributed by atoms with Crippen molar-refractivity contribution >= 4 is 17.1 Å². The van der Waals surface area contributed by atoms with Gasteiger partial charge >= 0.3 is 6.09 Å². The second-order valence-electron chi connectivity index (χ2n) is 9.11. The third kappa shape index (κ3) is 3.99. The fourth-order valence-electron chi connectivity index (χ4n) is 3.86. The van der Waals surface area contributed by atoms with E-state index in [0.29, 0.717) is 38.0 Å². The molecule has 0 radical (unpaired) electrons. The van der Waals surface area contributed by atoms with Gasteiger partial charge in [0.2, 0.25) is 0 Å². The summed E-state index contributed by atoms with van der Waals surface area (Å²) in [4.78, 5) is 23.1. The largest absolute Gasteiger partial charge is 0.444 e. The molecule has 0 bridgehead atoms. The Labute approximate surface area is 179 Å². The van der Waals surface area contributed by atoms with E-state index in [9.17, 15) is 4.79 Å². The first-order valence-corrected chi connectivity index (χ1v) is 10.6. The van der Waals surface area contributed by atoms with Crippen LogP contribution in [0.3, 0.4) is 0 Å². The number of carbonyl (C=O) groups excluding carboxylic acids is 1. The Morgan fingerprint density at radius 3 is 2.65 bits per heavy atom. The molecule has 3 aromatic rings. The first-order chi connectivity index (χ1) is 14.9. The molecule has 31 heavy (non-hydrogen) atoms. The lowest BCUT2D eigenvalue weighted by molar-refractivity contribution is -0.0266. The van der Waals surface area contributed by atoms with Gasteiger partial charge in [-0.15, -0.1) is 0 Å². The lowest BCUT2D eigenvalue weighted by atomic mass is 9.96. The minimum Gasteiger partial charge on any atom is -0.444 e. The monoisotopic (exact) mass is 426 g/mol. The van der Waals surface area contributed by atoms with Crippen LogP contribution < -0.4 is 0 Å². The highest BCUT2D eigenvalue weighted by Gasteiger charge is 2.30. The van der Waals surface area contributed by atoms with Crippen LogP contribution in [0.5, 0.6) is 0 Å². The van der Waals surface area contributed by atoms with Gasteiger partial charge in [-0.25, -0.2) is 4.79 Å². The van der Waals surface area contributed by atoms with Crippen LogP contribution in [0.15, 0.2) is 23.0 Å². The van der Waals surface area contributed by atoms with Crippen molar-refractivity contribution in [2.75, 3.05) is 26.3 Å². The number of hydrogen-bond donors (Lipinski definition) is 0. The molecule has 1 amide bonds. The summed E-state index contributed by atoms with van der Waals surface area (Å²) in [6.45, 7) is 8.16. The van der Waals surface area contributed by atoms with Gasteiger partial charge in [-0.1, -0.05) is 5.16 Å². The smallest absolute Gasteiger partial charge is 0.410 e. The molecule has 3 aromatic heterocycles. The van der Waals surface area contributed by atoms with Crippen LogP contribution in [-0.4, -0.2) is 67.8 Å². The van der Waals surface area contributed by atoms with Gasteiger partial charge in [0.1, 0.15) is 11.1 Å². The van der Waals surface area contributed by atoms with E-state index >= 15 is 0 Å². The molecule has 0 spiro atoms. The summed E-state index contributed by atoms with van der Waals surface area (Å²) in [6, 6.07) is 2.22. The van der Waals surface area contributed by atoms with Crippen molar-refractivity contribution in [3.63, 3.8) is 0 Å². The number of pyridine rings is 1. The molecule has 2 aliphatic rings. The summed E-state index contributed by atoms with van der Waals surface area (Å²) >= 11 is 0. The molecular weight excluding hydrogens is 400 g/mol. The molecule has 0 N–H and O–H groups in total. The van der Waals surface area contributed by atoms with Crippen molar-refractivity contribution < 1.29 is 18.8 Å². The first-order valence-electron chi connectivity index (χ1n) is 10.6. The van der Waals surface area contributed by atoms with Crippen LogP contribution in [0.25, 0.3) is 22.5 Å². The minimum atomic E-state index is -0.493. The fraction of sp³-hybridized carbons (Fsp3) is 0.571. The quantitative estimate of drug-likeness (QED) is 0.628. The Bertz CT molecular complexity index is 1090. The second-order valence-corrected chi connectivity index (χ2v) is 9.11. The van der Waals surface area contributed by atoms with Gasteiger partial charge in [0.05, 0.1) is 36.5 Å². The summed E-state index contributed by atoms with van der Waals surface area (Å²) in [5.41, 5.74) is 2.02. The number of nitrogens with zero attached hydrogens (tertiary/aromatic N) is 6. The lowest BCUT2D eigenvalue weighted by Gasteiger charge is -2.32. The van der Waals surface area contributed by atoms with Crippen molar-refractivity contribution in [3.05, 3.63) is 24.3 Å². The number of amides is 1. The minimum absolute atomic E-state index is 0.144. The van der Waals surface area contributed by atoms with Crippen LogP contribution in [0.2, 0.25) is 0 Å². The predicted molar refractivity (Wildman–Crippen MR) is 110 cm³/mol. The first kappa shape index (κ1) is 19.9. The summed E-state index contributed by atoms with van der Waals surface area (Å²) < 4.78 is 18.2. The average Bonchev–Trinajstić information content (AvgIpc) is 3.33. The highest BCUT2D eigenvalue weighted by Crippen LogP contribution is 2.30. The van der Waals surface area contributed by atoms with E-state index in [2.05, 4.69) is 20.2 Å². The van der Waals surface area contributed by atoms with Crippen molar-refractivity contribution in [1.82, 2.24) is 29.8 Å². The summed E-state index contributed by atoms with van der Waals surface area (Å²) in [6.07, 6.45) is 4.75. The maximum Gasteiger partial charge on any atom is 0.410 e. The zero-order valence-corrected chi connectivity index (χ0v) is 17.9. The van der Waals surface area contributed by atoms with E-state index in [1.54, 1.807) is 17.3 Å². The highest BCUT2D eigenvalue weighted by atomic mass is 16.6. The molecule has 0 unspecified atom stereocenters. The molecule has 2 saturated heterocycles. The van der Waals surface area contributed by atoms with Crippen LogP contribution >= 0.6 is 0 Å². The summed E-state index contributed by atoms with van der Waals surface area (Å²) in [5.74, 6) is 1.25. The van der Waals surface area contributed by atoms with Gasteiger partial charge < -0.3 is 18.9 Å². The maximum atomic E-state index is 12.3. The topological polar surface area (TPSA) is 108 Å². The zero-order valence-electron chi connectivity index (χ0n) is 17.9. The molecule has 0 aromatic carbocycles. The number of hydrogen-bond acceptors (Lipinski definition) is 8. The SMILES string of the molecule is CC(C)(C)OC(=O)N1CCC(c2noc(-c3cnc4cnn(C5COC5)c4c3)n2)CC1. The van der Waals surface area contributed by atoms with E-state index in [-0.39, 0.29) is 18.1 Å². The highest BCUT2D eigenvalue weighted by molar-refractivity contribution is 5.78. The van der Waals surface area contributed by atoms with Crippen LogP contribution in [0.4, 0.5) is 4.79 Å². The molecule has 2 fully saturated rings. The Hall–Kier alpha value is -3.01. The Morgan fingerprint density at radius 1 is 1.19 bits per heavy atom. The van der Waals surface area contributed by atoms with Crippen LogP contribution in [-0.2, 0) is 9.47 Å². The van der Waals surface area contributed by atoms with Crippen LogP contribution in [0, 0.1) is 0 Å². The normalized spacial score (nSPS) is 18.4. The van der Waals surface area contributed by atoms with Gasteiger partial charge in [-0.2, -0.15) is 10.1 Å². The fourth-order valence-corrected chi connectivity index (χ4v) is 3.86. The molecular formula is C21H26N6O4. The number of ether oxygens (including phenoxy) is 2. The standard InChI is InChI=1S/C21H26N6O4/c1-21(2,3)30-20(28)26-6-4-13(5-7-26)18-24-19(31-25-18)14-8-17-16(22-9-14)10-23-27(17)15-11-29-12-15/h8-10,13,15H,4-7,11-12H2,1-3H3. The number of likely N-dealkylation sites (tertiary alicyclic amines) is 1. The molecule has 10 nitrogen and oxygen atoms in total. The number of fused-ring (bicyclic) bond motifs is 1. The number of aromatic nitrogens is 5. The van der Waals surface area contributed by atoms with E-state index in [4.69, 9.17) is 14.0 Å². The van der Waals surface area contributed by atoms with Crippen molar-refractivity contribution in [1.29, 1.82) is 0 Å². The van der Waals surface area contributed by atoms with Gasteiger partial charge in [0.25, 0.3) is 5.89 Å². The lowest BCUT2D eigenvalue weighted by Crippen LogP contribution is -2.41. The van der Waals surface area contributed by atoms with E-state index in [0.717, 1.165) is 29.4 Å². The number of rotatable bonds is 3. The number of carbonyl (C=O) groups is 1. The van der Waals surface area contributed by atoms with Gasteiger partial charge in [0, 0.05) is 25.2 Å². The number of piperidine rings is 1. The van der Waals surface area contributed by atoms with Crippen LogP contribution in [0.1, 0.15) is 51.4 Å². The molecule has 0 atom stereocenters. The average molecular weight is 426 g/mol. The molecule has 10 heteroatoms. The van der Waals surface area contributed by atoms with Crippen molar-refractivity contribution in [3.8, 4) is 11.5 Å². The Balaban J connectivity index is 1.28. The second kappa shape index (κ2) is 7.60.